The van der Waals surface area contributed by atoms with Crippen LogP contribution in [0.1, 0.15) is 47.3 Å². The number of aryl methyl sites for hydroxylation is 3. The van der Waals surface area contributed by atoms with Crippen LogP contribution in [0.4, 0.5) is 13.2 Å². The van der Waals surface area contributed by atoms with Crippen LogP contribution in [0.2, 0.25) is 0 Å². The van der Waals surface area contributed by atoms with Crippen LogP contribution in [-0.2, 0) is 24.4 Å². The number of hydrogen-bond donors (Lipinski definition) is 2. The summed E-state index contributed by atoms with van der Waals surface area (Å²) in [5, 5.41) is 7.87. The van der Waals surface area contributed by atoms with Gasteiger partial charge in [0.2, 0.25) is 5.91 Å². The molecule has 1 amide bonds. The molecule has 1 aromatic carbocycles. The Hall–Kier alpha value is -3.10. The van der Waals surface area contributed by atoms with E-state index in [2.05, 4.69) is 15.4 Å². The van der Waals surface area contributed by atoms with Gasteiger partial charge in [0.25, 0.3) is 5.56 Å². The van der Waals surface area contributed by atoms with Crippen LogP contribution in [0.25, 0.3) is 11.0 Å². The van der Waals surface area contributed by atoms with Gasteiger partial charge < -0.3 is 10.3 Å². The standard InChI is InChI=1S/C21H23F3N4O2/c1-11-16(20(30)26-19-18(11)13(3)27-28(19)4)8-9-17(29)25-12(2)14-6-5-7-15(10-14)21(22,23)24/h5-7,10,12H,8-9H2,1-4H3,(H,25,29)(H,26,30)/t12-/m1/s1. The number of fused-ring (bicyclic) bond motifs is 1. The minimum absolute atomic E-state index is 0.0397. The van der Waals surface area contributed by atoms with Crippen molar-refractivity contribution >= 4 is 16.9 Å². The Morgan fingerprint density at radius 2 is 2.00 bits per heavy atom. The SMILES string of the molecule is Cc1nn(C)c2[nH]c(=O)c(CCC(=O)N[C@H](C)c3cccc(C(F)(F)F)c3)c(C)c12. The number of benzene rings is 1. The predicted octanol–water partition coefficient (Wildman–Crippen LogP) is 3.71. The smallest absolute Gasteiger partial charge is 0.350 e. The lowest BCUT2D eigenvalue weighted by atomic mass is 10.0. The number of nitrogens with zero attached hydrogens (tertiary/aromatic N) is 2. The molecule has 0 fully saturated rings. The lowest BCUT2D eigenvalue weighted by molar-refractivity contribution is -0.137. The highest BCUT2D eigenvalue weighted by atomic mass is 19.4. The first-order chi connectivity index (χ1) is 14.0. The van der Waals surface area contributed by atoms with Gasteiger partial charge in [0.1, 0.15) is 5.65 Å². The van der Waals surface area contributed by atoms with E-state index in [1.807, 2.05) is 13.8 Å². The van der Waals surface area contributed by atoms with Crippen LogP contribution >= 0.6 is 0 Å². The fourth-order valence-electron chi connectivity index (χ4n) is 3.68. The van der Waals surface area contributed by atoms with Gasteiger partial charge in [-0.05, 0) is 50.5 Å². The molecule has 0 aliphatic carbocycles. The summed E-state index contributed by atoms with van der Waals surface area (Å²) in [6, 6.07) is 4.27. The van der Waals surface area contributed by atoms with Gasteiger partial charge in [-0.2, -0.15) is 18.3 Å². The molecule has 160 valence electrons. The molecule has 2 aromatic heterocycles. The van der Waals surface area contributed by atoms with Crippen LogP contribution in [-0.4, -0.2) is 20.7 Å². The third kappa shape index (κ3) is 4.24. The molecule has 30 heavy (non-hydrogen) atoms. The fourth-order valence-corrected chi connectivity index (χ4v) is 3.68. The highest BCUT2D eigenvalue weighted by molar-refractivity contribution is 5.83. The van der Waals surface area contributed by atoms with Crippen molar-refractivity contribution in [3.63, 3.8) is 0 Å². The highest BCUT2D eigenvalue weighted by Crippen LogP contribution is 2.30. The topological polar surface area (TPSA) is 79.8 Å². The summed E-state index contributed by atoms with van der Waals surface area (Å²) in [5.41, 5.74) is 2.01. The van der Waals surface area contributed by atoms with Crippen LogP contribution in [0.5, 0.6) is 0 Å². The van der Waals surface area contributed by atoms with E-state index in [9.17, 15) is 22.8 Å². The number of carbonyl (C=O) groups is 1. The minimum Gasteiger partial charge on any atom is -0.350 e. The van der Waals surface area contributed by atoms with Crippen LogP contribution in [0.15, 0.2) is 29.1 Å². The van der Waals surface area contributed by atoms with E-state index >= 15 is 0 Å². The molecule has 2 N–H and O–H groups in total. The maximum atomic E-state index is 12.9. The van der Waals surface area contributed by atoms with Gasteiger partial charge in [0.05, 0.1) is 17.3 Å². The van der Waals surface area contributed by atoms with E-state index in [4.69, 9.17) is 0 Å². The quantitative estimate of drug-likeness (QED) is 0.661. The zero-order valence-corrected chi connectivity index (χ0v) is 17.1. The number of H-pyrrole nitrogens is 1. The third-order valence-corrected chi connectivity index (χ3v) is 5.25. The van der Waals surface area contributed by atoms with Crippen molar-refractivity contribution in [1.29, 1.82) is 0 Å². The number of alkyl halides is 3. The summed E-state index contributed by atoms with van der Waals surface area (Å²) in [7, 11) is 1.74. The second-order valence-corrected chi connectivity index (χ2v) is 7.40. The molecule has 3 aromatic rings. The van der Waals surface area contributed by atoms with Crippen molar-refractivity contribution in [3.05, 3.63) is 62.6 Å². The Balaban J connectivity index is 1.72. The minimum atomic E-state index is -4.44. The van der Waals surface area contributed by atoms with Crippen molar-refractivity contribution in [1.82, 2.24) is 20.1 Å². The van der Waals surface area contributed by atoms with Crippen LogP contribution in [0.3, 0.4) is 0 Å². The first-order valence-corrected chi connectivity index (χ1v) is 9.50. The predicted molar refractivity (Wildman–Crippen MR) is 107 cm³/mol. The lowest BCUT2D eigenvalue weighted by Crippen LogP contribution is -2.28. The average molecular weight is 420 g/mol. The molecule has 0 saturated heterocycles. The summed E-state index contributed by atoms with van der Waals surface area (Å²) < 4.78 is 40.3. The Labute approximate surface area is 171 Å². The molecule has 0 aliphatic heterocycles. The normalized spacial score (nSPS) is 12.9. The molecule has 0 spiro atoms. The number of aromatic nitrogens is 3. The lowest BCUT2D eigenvalue weighted by Gasteiger charge is -2.16. The summed E-state index contributed by atoms with van der Waals surface area (Å²) in [6.07, 6.45) is -4.19. The first kappa shape index (κ1) is 21.6. The molecule has 0 unspecified atom stereocenters. The molecule has 0 saturated carbocycles. The molecule has 0 bridgehead atoms. The summed E-state index contributed by atoms with van der Waals surface area (Å²) in [6.45, 7) is 5.29. The van der Waals surface area contributed by atoms with Crippen molar-refractivity contribution in [2.75, 3.05) is 0 Å². The largest absolute Gasteiger partial charge is 0.416 e. The van der Waals surface area contributed by atoms with Gasteiger partial charge in [0.15, 0.2) is 0 Å². The summed E-state index contributed by atoms with van der Waals surface area (Å²) in [5.74, 6) is -0.346. The fraction of sp³-hybridized carbons (Fsp3) is 0.381. The number of nitrogens with one attached hydrogen (secondary N) is 2. The molecule has 2 heterocycles. The molecule has 6 nitrogen and oxygen atoms in total. The first-order valence-electron chi connectivity index (χ1n) is 9.50. The van der Waals surface area contributed by atoms with E-state index in [1.54, 1.807) is 18.7 Å². The number of pyridine rings is 1. The maximum absolute atomic E-state index is 12.9. The Kier molecular flexibility index (Phi) is 5.74. The molecule has 0 aliphatic rings. The van der Waals surface area contributed by atoms with Gasteiger partial charge in [-0.15, -0.1) is 0 Å². The number of amides is 1. The number of carbonyl (C=O) groups excluding carboxylic acids is 1. The van der Waals surface area contributed by atoms with E-state index in [-0.39, 0.29) is 24.3 Å². The Bertz CT molecular complexity index is 1160. The summed E-state index contributed by atoms with van der Waals surface area (Å²) >= 11 is 0. The van der Waals surface area contributed by atoms with Crippen LogP contribution < -0.4 is 10.9 Å². The third-order valence-electron chi connectivity index (χ3n) is 5.25. The Morgan fingerprint density at radius 3 is 2.67 bits per heavy atom. The monoisotopic (exact) mass is 420 g/mol. The number of hydrogen-bond acceptors (Lipinski definition) is 3. The molecular formula is C21H23F3N4O2. The number of aromatic amines is 1. The molecule has 1 atom stereocenters. The maximum Gasteiger partial charge on any atom is 0.416 e. The zero-order valence-electron chi connectivity index (χ0n) is 17.1. The van der Waals surface area contributed by atoms with Gasteiger partial charge >= 0.3 is 6.18 Å². The molecule has 9 heteroatoms. The number of halogens is 3. The van der Waals surface area contributed by atoms with Crippen molar-refractivity contribution in [2.24, 2.45) is 7.05 Å². The van der Waals surface area contributed by atoms with Gasteiger partial charge in [-0.25, -0.2) is 0 Å². The van der Waals surface area contributed by atoms with Gasteiger partial charge in [-0.3, -0.25) is 14.3 Å². The summed E-state index contributed by atoms with van der Waals surface area (Å²) in [4.78, 5) is 27.7. The second-order valence-electron chi connectivity index (χ2n) is 7.40. The van der Waals surface area contributed by atoms with E-state index in [0.717, 1.165) is 28.8 Å². The van der Waals surface area contributed by atoms with E-state index < -0.39 is 17.8 Å². The zero-order chi connectivity index (χ0) is 22.2. The van der Waals surface area contributed by atoms with Crippen molar-refractivity contribution in [2.45, 2.75) is 45.8 Å². The van der Waals surface area contributed by atoms with Gasteiger partial charge in [-0.1, -0.05) is 12.1 Å². The van der Waals surface area contributed by atoms with E-state index in [1.165, 1.54) is 12.1 Å². The second kappa shape index (κ2) is 7.97. The molecular weight excluding hydrogens is 397 g/mol. The molecule has 3 rings (SSSR count). The molecule has 0 radical (unpaired) electrons. The number of rotatable bonds is 5. The van der Waals surface area contributed by atoms with Gasteiger partial charge in [0, 0.05) is 24.4 Å². The van der Waals surface area contributed by atoms with Crippen molar-refractivity contribution < 1.29 is 18.0 Å². The highest BCUT2D eigenvalue weighted by Gasteiger charge is 2.30. The van der Waals surface area contributed by atoms with Crippen LogP contribution in [0, 0.1) is 13.8 Å². The van der Waals surface area contributed by atoms with E-state index in [0.29, 0.717) is 16.8 Å². The van der Waals surface area contributed by atoms with Crippen molar-refractivity contribution in [3.8, 4) is 0 Å². The average Bonchev–Trinajstić information content (AvgIpc) is 2.94. The Morgan fingerprint density at radius 1 is 1.30 bits per heavy atom.